The lowest BCUT2D eigenvalue weighted by Crippen LogP contribution is -2.34. The molecule has 1 aromatic rings. The van der Waals surface area contributed by atoms with Gasteiger partial charge < -0.3 is 14.2 Å². The molecule has 0 fully saturated rings. The lowest BCUT2D eigenvalue weighted by atomic mass is 9.62. The van der Waals surface area contributed by atoms with Crippen LogP contribution in [0.3, 0.4) is 0 Å². The number of methoxy groups -OCH3 is 1. The quantitative estimate of drug-likeness (QED) is 0.160. The van der Waals surface area contributed by atoms with Crippen LogP contribution in [0, 0.1) is 0 Å². The molecule has 0 spiro atoms. The lowest BCUT2D eigenvalue weighted by Gasteiger charge is -2.42. The largest absolute Gasteiger partial charge is 0.467 e. The zero-order valence-corrected chi connectivity index (χ0v) is 21.7. The predicted octanol–water partition coefficient (Wildman–Crippen LogP) is 7.47. The summed E-state index contributed by atoms with van der Waals surface area (Å²) in [5.74, 6) is -2.06. The van der Waals surface area contributed by atoms with E-state index in [1.165, 1.54) is 37.3 Å². The fraction of sp³-hybridized carbons (Fsp3) is 0.536. The van der Waals surface area contributed by atoms with Gasteiger partial charge in [-0.25, -0.2) is 9.18 Å². The van der Waals surface area contributed by atoms with Crippen molar-refractivity contribution in [3.05, 3.63) is 58.2 Å². The third-order valence-corrected chi connectivity index (χ3v) is 6.53. The van der Waals surface area contributed by atoms with Crippen LogP contribution in [0.15, 0.2) is 41.5 Å². The van der Waals surface area contributed by atoms with Gasteiger partial charge in [-0.3, -0.25) is 0 Å². The second-order valence-electron chi connectivity index (χ2n) is 9.94. The van der Waals surface area contributed by atoms with Gasteiger partial charge in [0.25, 0.3) is 0 Å². The number of hydrogen-bond acceptors (Lipinski definition) is 4. The molecule has 2 rings (SSSR count). The van der Waals surface area contributed by atoms with Crippen LogP contribution in [0.5, 0.6) is 5.75 Å². The molecule has 0 unspecified atom stereocenters. The van der Waals surface area contributed by atoms with E-state index in [4.69, 9.17) is 9.47 Å². The van der Waals surface area contributed by atoms with Crippen LogP contribution in [-0.2, 0) is 25.1 Å². The molecule has 0 saturated heterocycles. The standard InChI is InChI=1S/C28H38F2O4/c1-9-19(23(29)12-11-18(3)25(30)26(31)33-10-2)20-15-21-22(16-24(20)34-17-32-8)28(6,7)14-13-27(21,4)5/h11-12,15-16H,9-10,13-14,17H2,1-8H3/b12-11+,23-19+,25-18+. The molecular weight excluding hydrogens is 438 g/mol. The average Bonchev–Trinajstić information content (AvgIpc) is 2.79. The Morgan fingerprint density at radius 1 is 1.03 bits per heavy atom. The molecule has 1 aliphatic rings. The molecule has 188 valence electrons. The van der Waals surface area contributed by atoms with E-state index >= 15 is 4.39 Å². The van der Waals surface area contributed by atoms with E-state index in [9.17, 15) is 9.18 Å². The molecule has 0 N–H and O–H groups in total. The second kappa shape index (κ2) is 11.3. The van der Waals surface area contributed by atoms with E-state index in [0.29, 0.717) is 23.3 Å². The maximum absolute atomic E-state index is 15.5. The minimum atomic E-state index is -1.06. The molecular formula is C28H38F2O4. The summed E-state index contributed by atoms with van der Waals surface area (Å²) in [6, 6.07) is 4.05. The van der Waals surface area contributed by atoms with Gasteiger partial charge in [-0.1, -0.05) is 40.7 Å². The number of halogens is 2. The number of benzene rings is 1. The first kappa shape index (κ1) is 27.8. The third-order valence-electron chi connectivity index (χ3n) is 6.53. The van der Waals surface area contributed by atoms with Gasteiger partial charge in [0, 0.05) is 12.7 Å². The van der Waals surface area contributed by atoms with Crippen LogP contribution in [0.1, 0.15) is 84.4 Å². The molecule has 0 radical (unpaired) electrons. The Morgan fingerprint density at radius 3 is 2.15 bits per heavy atom. The van der Waals surface area contributed by atoms with Crippen LogP contribution in [-0.4, -0.2) is 26.5 Å². The number of carbonyl (C=O) groups is 1. The van der Waals surface area contributed by atoms with Gasteiger partial charge in [-0.15, -0.1) is 0 Å². The summed E-state index contributed by atoms with van der Waals surface area (Å²) in [5, 5.41) is 0. The third kappa shape index (κ3) is 6.15. The Kier molecular flexibility index (Phi) is 9.23. The number of allylic oxidation sites excluding steroid dienone is 5. The van der Waals surface area contributed by atoms with E-state index in [1.807, 2.05) is 19.1 Å². The Balaban J connectivity index is 2.64. The van der Waals surface area contributed by atoms with Gasteiger partial charge >= 0.3 is 5.97 Å². The van der Waals surface area contributed by atoms with Crippen molar-refractivity contribution >= 4 is 11.5 Å². The van der Waals surface area contributed by atoms with E-state index < -0.39 is 17.6 Å². The van der Waals surface area contributed by atoms with Gasteiger partial charge in [0.15, 0.2) is 6.79 Å². The van der Waals surface area contributed by atoms with E-state index in [1.54, 1.807) is 6.92 Å². The highest BCUT2D eigenvalue weighted by Gasteiger charge is 2.38. The summed E-state index contributed by atoms with van der Waals surface area (Å²) in [4.78, 5) is 11.6. The van der Waals surface area contributed by atoms with Crippen molar-refractivity contribution in [1.82, 2.24) is 0 Å². The molecule has 1 aromatic carbocycles. The van der Waals surface area contributed by atoms with Crippen molar-refractivity contribution in [2.45, 2.75) is 78.6 Å². The Morgan fingerprint density at radius 2 is 1.62 bits per heavy atom. The van der Waals surface area contributed by atoms with Crippen molar-refractivity contribution in [3.8, 4) is 5.75 Å². The zero-order chi connectivity index (χ0) is 25.7. The monoisotopic (exact) mass is 476 g/mol. The van der Waals surface area contributed by atoms with E-state index in [0.717, 1.165) is 12.8 Å². The first-order valence-electron chi connectivity index (χ1n) is 11.8. The van der Waals surface area contributed by atoms with Crippen LogP contribution in [0.4, 0.5) is 8.78 Å². The predicted molar refractivity (Wildman–Crippen MR) is 132 cm³/mol. The number of esters is 1. The normalized spacial score (nSPS) is 18.2. The summed E-state index contributed by atoms with van der Waals surface area (Å²) in [6.07, 6.45) is 4.89. The minimum absolute atomic E-state index is 0.00627. The molecule has 4 nitrogen and oxygen atoms in total. The maximum Gasteiger partial charge on any atom is 0.367 e. The fourth-order valence-electron chi connectivity index (χ4n) is 4.29. The molecule has 0 amide bonds. The highest BCUT2D eigenvalue weighted by molar-refractivity contribution is 5.87. The number of rotatable bonds is 9. The Bertz CT molecular complexity index is 1000. The summed E-state index contributed by atoms with van der Waals surface area (Å²) >= 11 is 0. The minimum Gasteiger partial charge on any atom is -0.467 e. The first-order chi connectivity index (χ1) is 15.9. The average molecular weight is 477 g/mol. The van der Waals surface area contributed by atoms with Gasteiger partial charge in [0.1, 0.15) is 11.6 Å². The smallest absolute Gasteiger partial charge is 0.367 e. The number of hydrogen-bond donors (Lipinski definition) is 0. The molecule has 6 heteroatoms. The second-order valence-corrected chi connectivity index (χ2v) is 9.94. The topological polar surface area (TPSA) is 44.8 Å². The SMILES string of the molecule is CCOC(=O)\C(F)=C(C)/C=C/C(F)=C(/CC)c1cc2c(cc1OCOC)C(C)(C)CCC2(C)C. The van der Waals surface area contributed by atoms with Crippen LogP contribution >= 0.6 is 0 Å². The fourth-order valence-corrected chi connectivity index (χ4v) is 4.29. The number of ether oxygens (including phenoxy) is 3. The summed E-state index contributed by atoms with van der Waals surface area (Å²) < 4.78 is 45.3. The van der Waals surface area contributed by atoms with Crippen LogP contribution < -0.4 is 4.74 Å². The molecule has 0 saturated carbocycles. The van der Waals surface area contributed by atoms with Crippen LogP contribution in [0.2, 0.25) is 0 Å². The molecule has 34 heavy (non-hydrogen) atoms. The Hall–Kier alpha value is -2.47. The van der Waals surface area contributed by atoms with Gasteiger partial charge in [0.05, 0.1) is 6.61 Å². The first-order valence-corrected chi connectivity index (χ1v) is 11.8. The summed E-state index contributed by atoms with van der Waals surface area (Å²) in [7, 11) is 1.54. The van der Waals surface area contributed by atoms with Gasteiger partial charge in [-0.05, 0) is 84.4 Å². The zero-order valence-electron chi connectivity index (χ0n) is 21.7. The van der Waals surface area contributed by atoms with Crippen LogP contribution in [0.25, 0.3) is 5.57 Å². The van der Waals surface area contributed by atoms with E-state index in [-0.39, 0.29) is 29.8 Å². The number of carbonyl (C=O) groups excluding carboxylic acids is 1. The Labute approximate surface area is 202 Å². The van der Waals surface area contributed by atoms with E-state index in [2.05, 4.69) is 32.4 Å². The molecule has 0 aliphatic heterocycles. The molecule has 0 bridgehead atoms. The highest BCUT2D eigenvalue weighted by atomic mass is 19.1. The van der Waals surface area contributed by atoms with Crippen molar-refractivity contribution < 1.29 is 27.8 Å². The van der Waals surface area contributed by atoms with Crippen molar-refractivity contribution in [1.29, 1.82) is 0 Å². The van der Waals surface area contributed by atoms with Gasteiger partial charge in [0.2, 0.25) is 5.83 Å². The van der Waals surface area contributed by atoms with Gasteiger partial charge in [-0.2, -0.15) is 4.39 Å². The van der Waals surface area contributed by atoms with Crippen molar-refractivity contribution in [2.24, 2.45) is 0 Å². The van der Waals surface area contributed by atoms with Crippen molar-refractivity contribution in [2.75, 3.05) is 20.5 Å². The molecule has 0 aromatic heterocycles. The van der Waals surface area contributed by atoms with Crippen molar-refractivity contribution in [3.63, 3.8) is 0 Å². The summed E-state index contributed by atoms with van der Waals surface area (Å²) in [5.41, 5.74) is 3.36. The number of fused-ring (bicyclic) bond motifs is 1. The highest BCUT2D eigenvalue weighted by Crippen LogP contribution is 2.49. The summed E-state index contributed by atoms with van der Waals surface area (Å²) in [6.45, 7) is 13.8. The molecule has 0 atom stereocenters. The molecule has 0 heterocycles. The maximum atomic E-state index is 15.5. The lowest BCUT2D eigenvalue weighted by molar-refractivity contribution is -0.140. The molecule has 1 aliphatic carbocycles.